The number of nitrogens with one attached hydrogen (secondary N) is 1. The summed E-state index contributed by atoms with van der Waals surface area (Å²) in [4.78, 5) is 17.2. The quantitative estimate of drug-likeness (QED) is 0.543. The molecule has 1 fully saturated rings. The Bertz CT molecular complexity index is 838. The summed E-state index contributed by atoms with van der Waals surface area (Å²) in [6.45, 7) is 7.00. The molecule has 150 valence electrons. The van der Waals surface area contributed by atoms with Crippen molar-refractivity contribution < 1.29 is 9.66 Å². The third kappa shape index (κ3) is 5.11. The number of pyridine rings is 1. The van der Waals surface area contributed by atoms with Gasteiger partial charge in [-0.15, -0.1) is 0 Å². The SMILES string of the molecule is CCOc1cc(CN2CCC(Nc3ccc([N+](=O)[O-])c(C)n3)CC2)ccc1Cl. The molecule has 2 aromatic rings. The molecule has 7 nitrogen and oxygen atoms in total. The van der Waals surface area contributed by atoms with Crippen molar-refractivity contribution in [1.29, 1.82) is 0 Å². The van der Waals surface area contributed by atoms with E-state index in [1.807, 2.05) is 25.1 Å². The van der Waals surface area contributed by atoms with Crippen molar-refractivity contribution in [2.75, 3.05) is 25.0 Å². The van der Waals surface area contributed by atoms with Crippen LogP contribution in [0.4, 0.5) is 11.5 Å². The minimum atomic E-state index is -0.404. The second-order valence-corrected chi connectivity index (χ2v) is 7.36. The van der Waals surface area contributed by atoms with Crippen LogP contribution < -0.4 is 10.1 Å². The van der Waals surface area contributed by atoms with E-state index in [-0.39, 0.29) is 5.69 Å². The molecule has 3 rings (SSSR count). The van der Waals surface area contributed by atoms with Gasteiger partial charge in [-0.25, -0.2) is 4.98 Å². The molecule has 1 aromatic heterocycles. The number of ether oxygens (including phenoxy) is 1. The molecule has 0 bridgehead atoms. The number of halogens is 1. The molecule has 0 saturated carbocycles. The number of nitro groups is 1. The molecule has 0 spiro atoms. The van der Waals surface area contributed by atoms with Gasteiger partial charge in [0, 0.05) is 31.7 Å². The molecule has 0 atom stereocenters. The standard InChI is InChI=1S/C20H25ClN4O3/c1-3-28-19-12-15(4-5-17(19)21)13-24-10-8-16(9-11-24)23-20-7-6-18(25(26)27)14(2)22-20/h4-7,12,16H,3,8-11,13H2,1-2H3,(H,22,23). The lowest BCUT2D eigenvalue weighted by atomic mass is 10.0. The van der Waals surface area contributed by atoms with Crippen molar-refractivity contribution in [3.8, 4) is 5.75 Å². The van der Waals surface area contributed by atoms with Gasteiger partial charge in [0.05, 0.1) is 16.6 Å². The third-order valence-corrected chi connectivity index (χ3v) is 5.21. The number of nitrogens with zero attached hydrogens (tertiary/aromatic N) is 3. The molecule has 1 aliphatic rings. The summed E-state index contributed by atoms with van der Waals surface area (Å²) in [6, 6.07) is 9.45. The van der Waals surface area contributed by atoms with E-state index < -0.39 is 4.92 Å². The van der Waals surface area contributed by atoms with Crippen molar-refractivity contribution >= 4 is 23.1 Å². The minimum absolute atomic E-state index is 0.0507. The van der Waals surface area contributed by atoms with E-state index in [0.29, 0.717) is 29.2 Å². The van der Waals surface area contributed by atoms with Gasteiger partial charge < -0.3 is 10.1 Å². The van der Waals surface area contributed by atoms with E-state index in [1.54, 1.807) is 13.0 Å². The Morgan fingerprint density at radius 3 is 2.71 bits per heavy atom. The van der Waals surface area contributed by atoms with Crippen LogP contribution in [0.25, 0.3) is 0 Å². The molecule has 0 aliphatic carbocycles. The Morgan fingerprint density at radius 2 is 2.07 bits per heavy atom. The number of rotatable bonds is 7. The first-order valence-electron chi connectivity index (χ1n) is 9.48. The Hall–Kier alpha value is -2.38. The topological polar surface area (TPSA) is 80.5 Å². The fourth-order valence-corrected chi connectivity index (χ4v) is 3.61. The molecule has 1 saturated heterocycles. The van der Waals surface area contributed by atoms with E-state index in [1.165, 1.54) is 11.6 Å². The lowest BCUT2D eigenvalue weighted by Crippen LogP contribution is -2.38. The fraction of sp³-hybridized carbons (Fsp3) is 0.450. The Morgan fingerprint density at radius 1 is 1.32 bits per heavy atom. The average Bonchev–Trinajstić information content (AvgIpc) is 2.66. The first-order valence-corrected chi connectivity index (χ1v) is 9.86. The van der Waals surface area contributed by atoms with Gasteiger partial charge in [-0.1, -0.05) is 17.7 Å². The maximum absolute atomic E-state index is 10.9. The van der Waals surface area contributed by atoms with E-state index in [4.69, 9.17) is 16.3 Å². The van der Waals surface area contributed by atoms with Gasteiger partial charge >= 0.3 is 0 Å². The fourth-order valence-electron chi connectivity index (χ4n) is 3.44. The van der Waals surface area contributed by atoms with Crippen LogP contribution in [0.1, 0.15) is 31.0 Å². The third-order valence-electron chi connectivity index (χ3n) is 4.90. The van der Waals surface area contributed by atoms with Gasteiger partial charge in [0.15, 0.2) is 0 Å². The molecule has 8 heteroatoms. The van der Waals surface area contributed by atoms with Gasteiger partial charge in [-0.05, 0) is 50.5 Å². The molecule has 0 unspecified atom stereocenters. The molecule has 1 aliphatic heterocycles. The van der Waals surface area contributed by atoms with Crippen LogP contribution in [0.3, 0.4) is 0 Å². The Kier molecular flexibility index (Phi) is 6.70. The first kappa shape index (κ1) is 20.4. The zero-order chi connectivity index (χ0) is 20.1. The Balaban J connectivity index is 1.53. The number of piperidine rings is 1. The maximum atomic E-state index is 10.9. The summed E-state index contributed by atoms with van der Waals surface area (Å²) >= 11 is 6.16. The van der Waals surface area contributed by atoms with Gasteiger partial charge in [0.25, 0.3) is 5.69 Å². The number of benzene rings is 1. The minimum Gasteiger partial charge on any atom is -0.492 e. The first-order chi connectivity index (χ1) is 13.5. The van der Waals surface area contributed by atoms with Crippen molar-refractivity contribution in [3.05, 3.63) is 56.7 Å². The number of hydrogen-bond acceptors (Lipinski definition) is 6. The maximum Gasteiger partial charge on any atom is 0.290 e. The molecule has 1 N–H and O–H groups in total. The van der Waals surface area contributed by atoms with Crippen molar-refractivity contribution in [3.63, 3.8) is 0 Å². The second kappa shape index (κ2) is 9.21. The highest BCUT2D eigenvalue weighted by atomic mass is 35.5. The van der Waals surface area contributed by atoms with E-state index in [2.05, 4.69) is 15.2 Å². The average molecular weight is 405 g/mol. The number of likely N-dealkylation sites (tertiary alicyclic amines) is 1. The predicted molar refractivity (Wildman–Crippen MR) is 110 cm³/mol. The van der Waals surface area contributed by atoms with Gasteiger partial charge in [-0.2, -0.15) is 0 Å². The summed E-state index contributed by atoms with van der Waals surface area (Å²) in [5.41, 5.74) is 1.67. The zero-order valence-electron chi connectivity index (χ0n) is 16.2. The molecule has 1 aromatic carbocycles. The lowest BCUT2D eigenvalue weighted by Gasteiger charge is -2.32. The van der Waals surface area contributed by atoms with Crippen molar-refractivity contribution in [2.45, 2.75) is 39.3 Å². The smallest absolute Gasteiger partial charge is 0.290 e. The van der Waals surface area contributed by atoms with Crippen LogP contribution >= 0.6 is 11.6 Å². The molecule has 28 heavy (non-hydrogen) atoms. The largest absolute Gasteiger partial charge is 0.492 e. The summed E-state index contributed by atoms with van der Waals surface area (Å²) < 4.78 is 5.57. The van der Waals surface area contributed by atoms with E-state index in [0.717, 1.165) is 38.2 Å². The van der Waals surface area contributed by atoms with Crippen LogP contribution in [0.5, 0.6) is 5.75 Å². The number of hydrogen-bond donors (Lipinski definition) is 1. The van der Waals surface area contributed by atoms with Gasteiger partial charge in [-0.3, -0.25) is 15.0 Å². The normalized spacial score (nSPS) is 15.4. The van der Waals surface area contributed by atoms with Gasteiger partial charge in [0.2, 0.25) is 0 Å². The van der Waals surface area contributed by atoms with Gasteiger partial charge in [0.1, 0.15) is 17.3 Å². The summed E-state index contributed by atoms with van der Waals surface area (Å²) in [7, 11) is 0. The highest BCUT2D eigenvalue weighted by molar-refractivity contribution is 6.32. The molecule has 0 amide bonds. The monoisotopic (exact) mass is 404 g/mol. The number of anilines is 1. The predicted octanol–water partition coefficient (Wildman–Crippen LogP) is 4.43. The zero-order valence-corrected chi connectivity index (χ0v) is 16.9. The van der Waals surface area contributed by atoms with Crippen molar-refractivity contribution in [1.82, 2.24) is 9.88 Å². The number of aryl methyl sites for hydroxylation is 1. The molecular formula is C20H25ClN4O3. The van der Waals surface area contributed by atoms with Crippen LogP contribution in [-0.2, 0) is 6.54 Å². The van der Waals surface area contributed by atoms with E-state index in [9.17, 15) is 10.1 Å². The molecular weight excluding hydrogens is 380 g/mol. The van der Waals surface area contributed by atoms with Crippen LogP contribution in [0.2, 0.25) is 5.02 Å². The lowest BCUT2D eigenvalue weighted by molar-refractivity contribution is -0.385. The van der Waals surface area contributed by atoms with E-state index >= 15 is 0 Å². The Labute approximate surface area is 169 Å². The van der Waals surface area contributed by atoms with Crippen LogP contribution in [0.15, 0.2) is 30.3 Å². The van der Waals surface area contributed by atoms with Crippen molar-refractivity contribution in [2.24, 2.45) is 0 Å². The molecule has 0 radical (unpaired) electrons. The number of aromatic nitrogens is 1. The summed E-state index contributed by atoms with van der Waals surface area (Å²) in [5, 5.41) is 15.0. The highest BCUT2D eigenvalue weighted by Gasteiger charge is 2.20. The highest BCUT2D eigenvalue weighted by Crippen LogP contribution is 2.27. The second-order valence-electron chi connectivity index (χ2n) is 6.95. The summed E-state index contributed by atoms with van der Waals surface area (Å²) in [6.07, 6.45) is 1.98. The van der Waals surface area contributed by atoms with Crippen LogP contribution in [-0.4, -0.2) is 40.5 Å². The summed E-state index contributed by atoms with van der Waals surface area (Å²) in [5.74, 6) is 1.43. The molecule has 2 heterocycles. The van der Waals surface area contributed by atoms with Crippen LogP contribution in [0, 0.1) is 17.0 Å².